The van der Waals surface area contributed by atoms with Gasteiger partial charge in [-0.2, -0.15) is 0 Å². The number of fused-ring (bicyclic) bond motifs is 1. The van der Waals surface area contributed by atoms with Gasteiger partial charge in [0.25, 0.3) is 5.91 Å². The number of nitrogens with zero attached hydrogens (tertiary/aromatic N) is 1. The molecule has 0 atom stereocenters. The summed E-state index contributed by atoms with van der Waals surface area (Å²) < 4.78 is 5.75. The molecule has 0 spiro atoms. The lowest BCUT2D eigenvalue weighted by molar-refractivity contribution is -0.130. The predicted molar refractivity (Wildman–Crippen MR) is 153 cm³/mol. The van der Waals surface area contributed by atoms with E-state index in [4.69, 9.17) is 16.3 Å². The fourth-order valence-corrected chi connectivity index (χ4v) is 6.10. The number of ether oxygens (including phenoxy) is 1. The molecule has 2 N–H and O–H groups in total. The molecule has 0 aliphatic heterocycles. The zero-order valence-electron chi connectivity index (χ0n) is 22.0. The van der Waals surface area contributed by atoms with E-state index in [2.05, 4.69) is 17.4 Å². The van der Waals surface area contributed by atoms with Crippen LogP contribution in [0.1, 0.15) is 47.9 Å². The highest BCUT2D eigenvalue weighted by molar-refractivity contribution is 6.51. The lowest BCUT2D eigenvalue weighted by Gasteiger charge is -2.37. The first-order valence-corrected chi connectivity index (χ1v) is 13.7. The molecule has 6 heteroatoms. The van der Waals surface area contributed by atoms with Gasteiger partial charge in [-0.15, -0.1) is 0 Å². The number of hydrogen-bond donors (Lipinski definition) is 2. The third-order valence-electron chi connectivity index (χ3n) is 8.04. The zero-order chi connectivity index (χ0) is 26.6. The normalized spacial score (nSPS) is 18.8. The second-order valence-corrected chi connectivity index (χ2v) is 10.6. The highest BCUT2D eigenvalue weighted by Gasteiger charge is 2.34. The number of rotatable bonds is 8. The third-order valence-corrected chi connectivity index (χ3v) is 8.47. The predicted octanol–water partition coefficient (Wildman–Crippen LogP) is 5.92. The van der Waals surface area contributed by atoms with Crippen molar-refractivity contribution in [2.45, 2.75) is 57.3 Å². The fraction of sp³-hybridized carbons (Fsp3) is 0.344. The Morgan fingerprint density at radius 1 is 1.03 bits per heavy atom. The summed E-state index contributed by atoms with van der Waals surface area (Å²) in [6.45, 7) is 0.465. The first-order valence-electron chi connectivity index (χ1n) is 13.3. The van der Waals surface area contributed by atoms with Crippen LogP contribution < -0.4 is 10.1 Å². The van der Waals surface area contributed by atoms with E-state index in [0.717, 1.165) is 64.8 Å². The Hall–Kier alpha value is -3.12. The number of benzene rings is 3. The Morgan fingerprint density at radius 2 is 1.74 bits per heavy atom. The molecule has 0 saturated heterocycles. The number of carbonyl (C=O) groups is 1. The first-order chi connectivity index (χ1) is 18.5. The number of halogens is 1. The van der Waals surface area contributed by atoms with Crippen molar-refractivity contribution in [2.75, 3.05) is 14.2 Å². The smallest absolute Gasteiger partial charge is 0.252 e. The standard InChI is InChI=1S/C32H35ClN2O3/c1-34-26-12-14-27(15-13-26)35(32(37)29-18-24-5-3-4-6-28(24)31(29)33)19-25-17-23(11-16-30(25)38-2)22-9-7-21(20-36)8-10-22/h3-11,16-17,26-27,34,36H,12-15,18-20H2,1-2H3. The SMILES string of the molecule is CNC1CCC(N(Cc2cc(-c3ccc(CO)cc3)ccc2OC)C(=O)C2=C(Cl)c3ccccc3C2)CC1. The van der Waals surface area contributed by atoms with Crippen LogP contribution in [-0.4, -0.2) is 42.2 Å². The average molecular weight is 531 g/mol. The molecular formula is C32H35ClN2O3. The van der Waals surface area contributed by atoms with Crippen LogP contribution in [0.3, 0.4) is 0 Å². The Kier molecular flexibility index (Phi) is 8.18. The largest absolute Gasteiger partial charge is 0.496 e. The maximum atomic E-state index is 14.2. The Balaban J connectivity index is 1.48. The third kappa shape index (κ3) is 5.37. The summed E-state index contributed by atoms with van der Waals surface area (Å²) in [7, 11) is 3.68. The second kappa shape index (κ2) is 11.7. The Bertz CT molecular complexity index is 1330. The molecule has 5 rings (SSSR count). The molecular weight excluding hydrogens is 496 g/mol. The van der Waals surface area contributed by atoms with Crippen LogP contribution in [0.15, 0.2) is 72.3 Å². The van der Waals surface area contributed by atoms with Gasteiger partial charge in [0, 0.05) is 36.2 Å². The van der Waals surface area contributed by atoms with E-state index in [1.165, 1.54) is 0 Å². The molecule has 38 heavy (non-hydrogen) atoms. The molecule has 1 amide bonds. The maximum absolute atomic E-state index is 14.2. The average Bonchev–Trinajstić information content (AvgIpc) is 3.32. The van der Waals surface area contributed by atoms with Crippen LogP contribution in [-0.2, 0) is 24.4 Å². The van der Waals surface area contributed by atoms with Crippen molar-refractivity contribution in [3.05, 3.63) is 94.6 Å². The zero-order valence-corrected chi connectivity index (χ0v) is 22.8. The molecule has 0 radical (unpaired) electrons. The molecule has 2 aliphatic carbocycles. The minimum Gasteiger partial charge on any atom is -0.496 e. The number of carbonyl (C=O) groups excluding carboxylic acids is 1. The molecule has 0 heterocycles. The van der Waals surface area contributed by atoms with Crippen molar-refractivity contribution < 1.29 is 14.6 Å². The molecule has 198 valence electrons. The van der Waals surface area contributed by atoms with Crippen LogP contribution >= 0.6 is 11.6 Å². The van der Waals surface area contributed by atoms with Gasteiger partial charge in [-0.25, -0.2) is 0 Å². The van der Waals surface area contributed by atoms with Crippen molar-refractivity contribution in [1.29, 1.82) is 0 Å². The summed E-state index contributed by atoms with van der Waals surface area (Å²) in [4.78, 5) is 16.2. The molecule has 1 saturated carbocycles. The van der Waals surface area contributed by atoms with Gasteiger partial charge in [-0.1, -0.05) is 66.2 Å². The van der Waals surface area contributed by atoms with Gasteiger partial charge in [0.15, 0.2) is 0 Å². The molecule has 5 nitrogen and oxygen atoms in total. The first kappa shape index (κ1) is 26.5. The van der Waals surface area contributed by atoms with Gasteiger partial charge >= 0.3 is 0 Å². The summed E-state index contributed by atoms with van der Waals surface area (Å²) in [5, 5.41) is 13.4. The summed E-state index contributed by atoms with van der Waals surface area (Å²) >= 11 is 6.80. The van der Waals surface area contributed by atoms with Gasteiger partial charge in [0.1, 0.15) is 5.75 Å². The fourth-order valence-electron chi connectivity index (χ4n) is 5.77. The highest BCUT2D eigenvalue weighted by atomic mass is 35.5. The lowest BCUT2D eigenvalue weighted by Crippen LogP contribution is -2.45. The van der Waals surface area contributed by atoms with E-state index in [9.17, 15) is 9.90 Å². The van der Waals surface area contributed by atoms with Crippen LogP contribution in [0.5, 0.6) is 5.75 Å². The van der Waals surface area contributed by atoms with Crippen molar-refractivity contribution in [3.63, 3.8) is 0 Å². The molecule has 2 aliphatic rings. The van der Waals surface area contributed by atoms with Crippen molar-refractivity contribution >= 4 is 22.5 Å². The van der Waals surface area contributed by atoms with Crippen molar-refractivity contribution in [2.24, 2.45) is 0 Å². The van der Waals surface area contributed by atoms with Crippen LogP contribution in [0.2, 0.25) is 0 Å². The van der Waals surface area contributed by atoms with Crippen LogP contribution in [0.4, 0.5) is 0 Å². The van der Waals surface area contributed by atoms with Gasteiger partial charge < -0.3 is 20.1 Å². The van der Waals surface area contributed by atoms with Crippen molar-refractivity contribution in [3.8, 4) is 16.9 Å². The summed E-state index contributed by atoms with van der Waals surface area (Å²) in [6, 6.07) is 22.6. The van der Waals surface area contributed by atoms with Gasteiger partial charge in [-0.05, 0) is 72.7 Å². The highest BCUT2D eigenvalue weighted by Crippen LogP contribution is 2.38. The lowest BCUT2D eigenvalue weighted by atomic mass is 9.89. The maximum Gasteiger partial charge on any atom is 0.252 e. The number of methoxy groups -OCH3 is 1. The Morgan fingerprint density at radius 3 is 2.39 bits per heavy atom. The quantitative estimate of drug-likeness (QED) is 0.379. The van der Waals surface area contributed by atoms with Gasteiger partial charge in [-0.3, -0.25) is 4.79 Å². The van der Waals surface area contributed by atoms with E-state index in [1.807, 2.05) is 66.5 Å². The molecule has 0 bridgehead atoms. The second-order valence-electron chi connectivity index (χ2n) is 10.2. The summed E-state index contributed by atoms with van der Waals surface area (Å²) in [6.07, 6.45) is 4.52. The number of amides is 1. The Labute approximate surface area is 230 Å². The van der Waals surface area contributed by atoms with E-state index >= 15 is 0 Å². The number of aliphatic hydroxyl groups excluding tert-OH is 1. The topological polar surface area (TPSA) is 61.8 Å². The summed E-state index contributed by atoms with van der Waals surface area (Å²) in [5.41, 5.74) is 6.68. The molecule has 0 unspecified atom stereocenters. The van der Waals surface area contributed by atoms with Gasteiger partial charge in [0.2, 0.25) is 0 Å². The number of aliphatic hydroxyl groups is 1. The number of hydrogen-bond acceptors (Lipinski definition) is 4. The monoisotopic (exact) mass is 530 g/mol. The van der Waals surface area contributed by atoms with E-state index in [0.29, 0.717) is 29.6 Å². The van der Waals surface area contributed by atoms with Crippen LogP contribution in [0.25, 0.3) is 16.2 Å². The van der Waals surface area contributed by atoms with Crippen molar-refractivity contribution in [1.82, 2.24) is 10.2 Å². The summed E-state index contributed by atoms with van der Waals surface area (Å²) in [5.74, 6) is 0.774. The number of nitrogens with one attached hydrogen (secondary N) is 1. The van der Waals surface area contributed by atoms with Crippen LogP contribution in [0, 0.1) is 0 Å². The van der Waals surface area contributed by atoms with E-state index in [-0.39, 0.29) is 18.6 Å². The van der Waals surface area contributed by atoms with E-state index in [1.54, 1.807) is 7.11 Å². The van der Waals surface area contributed by atoms with Gasteiger partial charge in [0.05, 0.1) is 18.7 Å². The molecule has 1 fully saturated rings. The van der Waals surface area contributed by atoms with E-state index < -0.39 is 0 Å². The molecule has 3 aromatic carbocycles. The molecule has 3 aromatic rings. The minimum absolute atomic E-state index is 0.0128. The molecule has 0 aromatic heterocycles. The minimum atomic E-state index is 0.0128.